The zero-order valence-corrected chi connectivity index (χ0v) is 9.59. The number of aliphatic carboxylic acids is 1. The Balaban J connectivity index is 2.65. The van der Waals surface area contributed by atoms with E-state index in [0.29, 0.717) is 0 Å². The molecular weight excluding hydrogens is 218 g/mol. The van der Waals surface area contributed by atoms with Crippen molar-refractivity contribution in [2.75, 3.05) is 18.8 Å². The molecule has 0 spiro atoms. The van der Waals surface area contributed by atoms with E-state index in [1.165, 1.54) is 0 Å². The number of carboxylic acid groups (broad SMARTS) is 1. The topological polar surface area (TPSA) is 83.5 Å². The highest BCUT2D eigenvalue weighted by Crippen LogP contribution is 2.22. The van der Waals surface area contributed by atoms with Crippen LogP contribution in [0, 0.1) is 5.92 Å². The van der Waals surface area contributed by atoms with Crippen molar-refractivity contribution in [2.45, 2.75) is 25.0 Å². The van der Waals surface area contributed by atoms with Crippen LogP contribution in [-0.4, -0.2) is 43.6 Å². The van der Waals surface area contributed by atoms with Gasteiger partial charge in [0.1, 0.15) is 5.75 Å². The van der Waals surface area contributed by atoms with Crippen LogP contribution in [0.5, 0.6) is 0 Å². The van der Waals surface area contributed by atoms with Crippen molar-refractivity contribution >= 4 is 15.8 Å². The monoisotopic (exact) mass is 235 g/mol. The molecule has 1 saturated heterocycles. The molecule has 1 aliphatic rings. The SMILES string of the molecule is CC(C1CCNCC1)S(=O)(=O)CC(=O)O. The minimum absolute atomic E-state index is 0.0931. The Morgan fingerprint density at radius 3 is 2.47 bits per heavy atom. The van der Waals surface area contributed by atoms with Gasteiger partial charge in [-0.3, -0.25) is 4.79 Å². The molecule has 1 heterocycles. The number of carbonyl (C=O) groups is 1. The summed E-state index contributed by atoms with van der Waals surface area (Å²) in [7, 11) is -3.49. The highest BCUT2D eigenvalue weighted by molar-refractivity contribution is 7.92. The normalized spacial score (nSPS) is 21.1. The average Bonchev–Trinajstić information content (AvgIpc) is 2.16. The molecule has 0 bridgehead atoms. The van der Waals surface area contributed by atoms with Crippen molar-refractivity contribution in [1.29, 1.82) is 0 Å². The third-order valence-corrected chi connectivity index (χ3v) is 5.11. The molecule has 1 atom stereocenters. The summed E-state index contributed by atoms with van der Waals surface area (Å²) in [5.74, 6) is -1.93. The molecule has 1 rings (SSSR count). The Morgan fingerprint density at radius 2 is 2.00 bits per heavy atom. The highest BCUT2D eigenvalue weighted by Gasteiger charge is 2.31. The first kappa shape index (κ1) is 12.4. The third kappa shape index (κ3) is 3.46. The second-order valence-electron chi connectivity index (χ2n) is 3.99. The lowest BCUT2D eigenvalue weighted by atomic mass is 9.95. The van der Waals surface area contributed by atoms with E-state index in [1.54, 1.807) is 6.92 Å². The third-order valence-electron chi connectivity index (χ3n) is 2.94. The van der Waals surface area contributed by atoms with Crippen LogP contribution in [-0.2, 0) is 14.6 Å². The first-order valence-electron chi connectivity index (χ1n) is 5.07. The van der Waals surface area contributed by atoms with Crippen molar-refractivity contribution < 1.29 is 18.3 Å². The minimum Gasteiger partial charge on any atom is -0.480 e. The summed E-state index contributed by atoms with van der Waals surface area (Å²) in [5, 5.41) is 11.1. The summed E-state index contributed by atoms with van der Waals surface area (Å²) in [4.78, 5) is 10.4. The van der Waals surface area contributed by atoms with E-state index in [9.17, 15) is 13.2 Å². The van der Waals surface area contributed by atoms with E-state index in [1.807, 2.05) is 0 Å². The lowest BCUT2D eigenvalue weighted by molar-refractivity contribution is -0.134. The van der Waals surface area contributed by atoms with Crippen LogP contribution in [0.3, 0.4) is 0 Å². The van der Waals surface area contributed by atoms with Gasteiger partial charge in [-0.2, -0.15) is 0 Å². The van der Waals surface area contributed by atoms with Gasteiger partial charge in [-0.1, -0.05) is 0 Å². The number of sulfone groups is 1. The Morgan fingerprint density at radius 1 is 1.47 bits per heavy atom. The van der Waals surface area contributed by atoms with E-state index in [-0.39, 0.29) is 5.92 Å². The molecule has 5 nitrogen and oxygen atoms in total. The van der Waals surface area contributed by atoms with Crippen LogP contribution in [0.15, 0.2) is 0 Å². The fourth-order valence-corrected chi connectivity index (χ4v) is 3.38. The number of carboxylic acids is 1. The van der Waals surface area contributed by atoms with Crippen molar-refractivity contribution in [3.05, 3.63) is 0 Å². The standard InChI is InChI=1S/C9H17NO4S/c1-7(8-2-4-10-5-3-8)15(13,14)6-9(11)12/h7-8,10H,2-6H2,1H3,(H,11,12). The number of piperidine rings is 1. The molecule has 1 aliphatic heterocycles. The summed E-state index contributed by atoms with van der Waals surface area (Å²) < 4.78 is 23.3. The number of hydrogen-bond acceptors (Lipinski definition) is 4. The first-order chi connectivity index (χ1) is 6.93. The van der Waals surface area contributed by atoms with E-state index >= 15 is 0 Å². The van der Waals surface area contributed by atoms with Crippen LogP contribution in [0.2, 0.25) is 0 Å². The van der Waals surface area contributed by atoms with Gasteiger partial charge >= 0.3 is 5.97 Å². The zero-order valence-electron chi connectivity index (χ0n) is 8.77. The molecule has 0 aromatic heterocycles. The van der Waals surface area contributed by atoms with Gasteiger partial charge in [0.2, 0.25) is 0 Å². The Hall–Kier alpha value is -0.620. The molecule has 6 heteroatoms. The molecule has 0 aromatic carbocycles. The number of rotatable bonds is 4. The van der Waals surface area contributed by atoms with E-state index in [0.717, 1.165) is 25.9 Å². The Bertz CT molecular complexity index is 319. The molecule has 0 amide bonds. The van der Waals surface area contributed by atoms with Gasteiger partial charge in [-0.15, -0.1) is 0 Å². The second kappa shape index (κ2) is 4.94. The van der Waals surface area contributed by atoms with Crippen LogP contribution in [0.4, 0.5) is 0 Å². The lowest BCUT2D eigenvalue weighted by Gasteiger charge is -2.27. The first-order valence-corrected chi connectivity index (χ1v) is 6.79. The zero-order chi connectivity index (χ0) is 11.5. The van der Waals surface area contributed by atoms with Gasteiger partial charge in [0.15, 0.2) is 9.84 Å². The molecule has 88 valence electrons. The summed E-state index contributed by atoms with van der Waals surface area (Å²) in [5.41, 5.74) is 0. The maximum Gasteiger partial charge on any atom is 0.318 e. The fourth-order valence-electron chi connectivity index (χ4n) is 1.91. The Labute approximate surface area is 89.8 Å². The van der Waals surface area contributed by atoms with Gasteiger partial charge in [0.25, 0.3) is 0 Å². The van der Waals surface area contributed by atoms with E-state index < -0.39 is 26.8 Å². The van der Waals surface area contributed by atoms with E-state index in [2.05, 4.69) is 5.32 Å². The van der Waals surface area contributed by atoms with E-state index in [4.69, 9.17) is 5.11 Å². The average molecular weight is 235 g/mol. The predicted octanol–water partition coefficient (Wildman–Crippen LogP) is -0.126. The molecule has 0 aromatic rings. The van der Waals surface area contributed by atoms with Gasteiger partial charge in [-0.25, -0.2) is 8.42 Å². The van der Waals surface area contributed by atoms with Crippen LogP contribution in [0.25, 0.3) is 0 Å². The molecule has 0 aliphatic carbocycles. The van der Waals surface area contributed by atoms with Crippen LogP contribution < -0.4 is 5.32 Å². The highest BCUT2D eigenvalue weighted by atomic mass is 32.2. The molecular formula is C9H17NO4S. The number of hydrogen-bond donors (Lipinski definition) is 2. The molecule has 0 radical (unpaired) electrons. The Kier molecular flexibility index (Phi) is 4.10. The van der Waals surface area contributed by atoms with Crippen molar-refractivity contribution in [1.82, 2.24) is 5.32 Å². The maximum absolute atomic E-state index is 11.6. The quantitative estimate of drug-likeness (QED) is 0.709. The van der Waals surface area contributed by atoms with Gasteiger partial charge in [-0.05, 0) is 38.8 Å². The lowest BCUT2D eigenvalue weighted by Crippen LogP contribution is -2.38. The predicted molar refractivity (Wildman–Crippen MR) is 56.5 cm³/mol. The van der Waals surface area contributed by atoms with Gasteiger partial charge < -0.3 is 10.4 Å². The molecule has 2 N–H and O–H groups in total. The molecule has 15 heavy (non-hydrogen) atoms. The molecule has 1 unspecified atom stereocenters. The largest absolute Gasteiger partial charge is 0.480 e. The van der Waals surface area contributed by atoms with Crippen LogP contribution in [0.1, 0.15) is 19.8 Å². The van der Waals surface area contributed by atoms with Gasteiger partial charge in [0, 0.05) is 0 Å². The maximum atomic E-state index is 11.6. The molecule has 0 saturated carbocycles. The minimum atomic E-state index is -3.49. The van der Waals surface area contributed by atoms with Crippen molar-refractivity contribution in [3.8, 4) is 0 Å². The fraction of sp³-hybridized carbons (Fsp3) is 0.889. The van der Waals surface area contributed by atoms with Gasteiger partial charge in [0.05, 0.1) is 5.25 Å². The summed E-state index contributed by atoms with van der Waals surface area (Å²) in [6.07, 6.45) is 1.61. The number of nitrogens with one attached hydrogen (secondary N) is 1. The summed E-state index contributed by atoms with van der Waals surface area (Å²) in [6, 6.07) is 0. The summed E-state index contributed by atoms with van der Waals surface area (Å²) >= 11 is 0. The summed E-state index contributed by atoms with van der Waals surface area (Å²) in [6.45, 7) is 3.25. The second-order valence-corrected chi connectivity index (χ2v) is 6.35. The molecule has 1 fully saturated rings. The van der Waals surface area contributed by atoms with Crippen molar-refractivity contribution in [3.63, 3.8) is 0 Å². The van der Waals surface area contributed by atoms with Crippen LogP contribution >= 0.6 is 0 Å². The van der Waals surface area contributed by atoms with Crippen molar-refractivity contribution in [2.24, 2.45) is 5.92 Å². The smallest absolute Gasteiger partial charge is 0.318 e.